The van der Waals surface area contributed by atoms with Crippen molar-refractivity contribution >= 4 is 5.91 Å². The second-order valence-corrected chi connectivity index (χ2v) is 4.16. The van der Waals surface area contributed by atoms with Gasteiger partial charge in [0.15, 0.2) is 0 Å². The van der Waals surface area contributed by atoms with Gasteiger partial charge in [-0.1, -0.05) is 19.9 Å². The fourth-order valence-corrected chi connectivity index (χ4v) is 1.16. The van der Waals surface area contributed by atoms with E-state index in [-0.39, 0.29) is 11.3 Å². The molecule has 88 valence electrons. The Hall–Kier alpha value is -1.55. The smallest absolute Gasteiger partial charge is 0.278 e. The minimum atomic E-state index is -0.432. The fraction of sp³-hybridized carbons (Fsp3) is 0.417. The third-order valence-electron chi connectivity index (χ3n) is 1.98. The molecule has 0 heterocycles. The van der Waals surface area contributed by atoms with Gasteiger partial charge in [-0.2, -0.15) is 0 Å². The maximum Gasteiger partial charge on any atom is 0.278 e. The van der Waals surface area contributed by atoms with E-state index in [1.807, 2.05) is 20.8 Å². The summed E-state index contributed by atoms with van der Waals surface area (Å²) in [4.78, 5) is 16.5. The summed E-state index contributed by atoms with van der Waals surface area (Å²) in [5.41, 5.74) is 3.41. The number of rotatable bonds is 4. The van der Waals surface area contributed by atoms with Crippen LogP contribution in [-0.4, -0.2) is 17.6 Å². The van der Waals surface area contributed by atoms with Crippen molar-refractivity contribution in [1.82, 2.24) is 5.48 Å². The molecular weight excluding hydrogens is 206 g/mol. The molecule has 0 spiro atoms. The molecule has 1 aromatic carbocycles. The first-order chi connectivity index (χ1) is 7.50. The summed E-state index contributed by atoms with van der Waals surface area (Å²) in [6, 6.07) is 4.87. The Kier molecular flexibility index (Phi) is 4.31. The number of phenolic OH excluding ortho intramolecular Hbond substituents is 1. The number of hydroxylamine groups is 1. The number of carbonyl (C=O) groups excluding carboxylic acids is 1. The minimum Gasteiger partial charge on any atom is -0.507 e. The Balaban J connectivity index is 2.59. The molecule has 0 fully saturated rings. The predicted molar refractivity (Wildman–Crippen MR) is 61.1 cm³/mol. The number of hydrogen-bond donors (Lipinski definition) is 2. The standard InChI is InChI=1S/C12H17NO3/c1-8(2)7-16-13-12(15)10-5-4-9(3)6-11(10)14/h4-6,8,14H,7H2,1-3H3,(H,13,15). The van der Waals surface area contributed by atoms with Crippen LogP contribution in [0.4, 0.5) is 0 Å². The van der Waals surface area contributed by atoms with E-state index < -0.39 is 5.91 Å². The molecule has 0 atom stereocenters. The lowest BCUT2D eigenvalue weighted by Crippen LogP contribution is -2.25. The topological polar surface area (TPSA) is 58.6 Å². The van der Waals surface area contributed by atoms with Crippen LogP contribution >= 0.6 is 0 Å². The van der Waals surface area contributed by atoms with Gasteiger partial charge >= 0.3 is 0 Å². The molecule has 16 heavy (non-hydrogen) atoms. The fourth-order valence-electron chi connectivity index (χ4n) is 1.16. The van der Waals surface area contributed by atoms with E-state index in [4.69, 9.17) is 4.84 Å². The van der Waals surface area contributed by atoms with Crippen molar-refractivity contribution < 1.29 is 14.7 Å². The van der Waals surface area contributed by atoms with E-state index in [0.717, 1.165) is 5.56 Å². The Bertz CT molecular complexity index is 375. The third-order valence-corrected chi connectivity index (χ3v) is 1.98. The van der Waals surface area contributed by atoms with E-state index in [1.54, 1.807) is 12.1 Å². The average Bonchev–Trinajstić information content (AvgIpc) is 2.16. The SMILES string of the molecule is Cc1ccc(C(=O)NOCC(C)C)c(O)c1. The van der Waals surface area contributed by atoms with Gasteiger partial charge in [0.05, 0.1) is 12.2 Å². The number of aromatic hydroxyl groups is 1. The maximum atomic E-state index is 11.6. The molecule has 4 heteroatoms. The molecule has 2 N–H and O–H groups in total. The monoisotopic (exact) mass is 223 g/mol. The highest BCUT2D eigenvalue weighted by Gasteiger charge is 2.10. The lowest BCUT2D eigenvalue weighted by molar-refractivity contribution is 0.0207. The van der Waals surface area contributed by atoms with Crippen LogP contribution in [0.3, 0.4) is 0 Å². The summed E-state index contributed by atoms with van der Waals surface area (Å²) in [7, 11) is 0. The van der Waals surface area contributed by atoms with Gasteiger partial charge < -0.3 is 5.11 Å². The first-order valence-electron chi connectivity index (χ1n) is 5.22. The van der Waals surface area contributed by atoms with E-state index in [2.05, 4.69) is 5.48 Å². The molecule has 1 aromatic rings. The molecule has 1 amide bonds. The normalized spacial score (nSPS) is 10.5. The average molecular weight is 223 g/mol. The van der Waals surface area contributed by atoms with E-state index >= 15 is 0 Å². The Morgan fingerprint density at radius 3 is 2.75 bits per heavy atom. The van der Waals surface area contributed by atoms with Gasteiger partial charge in [-0.15, -0.1) is 0 Å². The number of aryl methyl sites for hydroxylation is 1. The second kappa shape index (κ2) is 5.51. The number of hydrogen-bond acceptors (Lipinski definition) is 3. The minimum absolute atomic E-state index is 0.0364. The summed E-state index contributed by atoms with van der Waals surface area (Å²) >= 11 is 0. The van der Waals surface area contributed by atoms with Crippen molar-refractivity contribution in [2.75, 3.05) is 6.61 Å². The lowest BCUT2D eigenvalue weighted by atomic mass is 10.1. The summed E-state index contributed by atoms with van der Waals surface area (Å²) in [5, 5.41) is 9.55. The number of carbonyl (C=O) groups is 1. The van der Waals surface area contributed by atoms with Crippen LogP contribution in [0.25, 0.3) is 0 Å². The molecule has 0 aliphatic rings. The number of amides is 1. The van der Waals surface area contributed by atoms with E-state index in [1.165, 1.54) is 6.07 Å². The zero-order valence-electron chi connectivity index (χ0n) is 9.78. The maximum absolute atomic E-state index is 11.6. The molecule has 0 aliphatic carbocycles. The predicted octanol–water partition coefficient (Wildman–Crippen LogP) is 2.02. The summed E-state index contributed by atoms with van der Waals surface area (Å²) in [5.74, 6) is -0.129. The third kappa shape index (κ3) is 3.55. The van der Waals surface area contributed by atoms with Crippen molar-refractivity contribution in [3.8, 4) is 5.75 Å². The quantitative estimate of drug-likeness (QED) is 0.768. The number of benzene rings is 1. The molecule has 0 saturated carbocycles. The molecule has 1 rings (SSSR count). The zero-order chi connectivity index (χ0) is 12.1. The first kappa shape index (κ1) is 12.5. The van der Waals surface area contributed by atoms with Crippen LogP contribution < -0.4 is 5.48 Å². The van der Waals surface area contributed by atoms with Crippen molar-refractivity contribution in [3.05, 3.63) is 29.3 Å². The zero-order valence-corrected chi connectivity index (χ0v) is 9.78. The summed E-state index contributed by atoms with van der Waals surface area (Å²) < 4.78 is 0. The molecule has 0 unspecified atom stereocenters. The Labute approximate surface area is 95.2 Å². The van der Waals surface area contributed by atoms with Gasteiger partial charge in [-0.25, -0.2) is 5.48 Å². The van der Waals surface area contributed by atoms with Gasteiger partial charge in [0.2, 0.25) is 0 Å². The molecule has 0 bridgehead atoms. The Morgan fingerprint density at radius 2 is 2.19 bits per heavy atom. The number of nitrogens with one attached hydrogen (secondary N) is 1. The van der Waals surface area contributed by atoms with Gasteiger partial charge in [-0.05, 0) is 30.5 Å². The van der Waals surface area contributed by atoms with E-state index in [9.17, 15) is 9.90 Å². The second-order valence-electron chi connectivity index (χ2n) is 4.16. The summed E-state index contributed by atoms with van der Waals surface area (Å²) in [6.07, 6.45) is 0. The van der Waals surface area contributed by atoms with Gasteiger partial charge in [-0.3, -0.25) is 9.63 Å². The highest BCUT2D eigenvalue weighted by molar-refractivity contribution is 5.96. The first-order valence-corrected chi connectivity index (χ1v) is 5.22. The van der Waals surface area contributed by atoms with Crippen LogP contribution in [0, 0.1) is 12.8 Å². The largest absolute Gasteiger partial charge is 0.507 e. The highest BCUT2D eigenvalue weighted by atomic mass is 16.6. The van der Waals surface area contributed by atoms with Crippen LogP contribution in [0.1, 0.15) is 29.8 Å². The van der Waals surface area contributed by atoms with Gasteiger partial charge in [0, 0.05) is 0 Å². The van der Waals surface area contributed by atoms with Gasteiger partial charge in [0.25, 0.3) is 5.91 Å². The van der Waals surface area contributed by atoms with Crippen LogP contribution in [-0.2, 0) is 4.84 Å². The molecule has 0 radical (unpaired) electrons. The highest BCUT2D eigenvalue weighted by Crippen LogP contribution is 2.17. The molecular formula is C12H17NO3. The lowest BCUT2D eigenvalue weighted by Gasteiger charge is -2.09. The van der Waals surface area contributed by atoms with Crippen LogP contribution in [0.5, 0.6) is 5.75 Å². The van der Waals surface area contributed by atoms with Crippen molar-refractivity contribution in [2.24, 2.45) is 5.92 Å². The van der Waals surface area contributed by atoms with Crippen molar-refractivity contribution in [3.63, 3.8) is 0 Å². The molecule has 0 saturated heterocycles. The van der Waals surface area contributed by atoms with E-state index in [0.29, 0.717) is 12.5 Å². The molecule has 0 aliphatic heterocycles. The number of phenols is 1. The van der Waals surface area contributed by atoms with Crippen molar-refractivity contribution in [1.29, 1.82) is 0 Å². The summed E-state index contributed by atoms with van der Waals surface area (Å²) in [6.45, 7) is 6.25. The van der Waals surface area contributed by atoms with Crippen LogP contribution in [0.2, 0.25) is 0 Å². The molecule has 4 nitrogen and oxygen atoms in total. The van der Waals surface area contributed by atoms with Gasteiger partial charge in [0.1, 0.15) is 5.75 Å². The van der Waals surface area contributed by atoms with Crippen LogP contribution in [0.15, 0.2) is 18.2 Å². The Morgan fingerprint density at radius 1 is 1.50 bits per heavy atom. The molecule has 0 aromatic heterocycles. The van der Waals surface area contributed by atoms with Crippen molar-refractivity contribution in [2.45, 2.75) is 20.8 Å².